The van der Waals surface area contributed by atoms with Gasteiger partial charge in [0.05, 0.1) is 6.07 Å². The molecular weight excluding hydrogens is 286 g/mol. The maximum atomic E-state index is 12.3. The molecule has 0 N–H and O–H groups in total. The number of hydrogen-bond acceptors (Lipinski definition) is 5. The van der Waals surface area contributed by atoms with E-state index in [2.05, 4.69) is 11.0 Å². The number of rotatable bonds is 3. The summed E-state index contributed by atoms with van der Waals surface area (Å²) in [6, 6.07) is 6.17. The third-order valence-corrected chi connectivity index (χ3v) is 5.06. The fourth-order valence-electron chi connectivity index (χ4n) is 2.95. The number of piperazine rings is 1. The van der Waals surface area contributed by atoms with Gasteiger partial charge in [-0.25, -0.2) is 0 Å². The predicted molar refractivity (Wildman–Crippen MR) is 79.8 cm³/mol. The number of nitrogens with zero attached hydrogens (tertiary/aromatic N) is 3. The van der Waals surface area contributed by atoms with E-state index in [9.17, 15) is 10.1 Å². The minimum atomic E-state index is -0.236. The van der Waals surface area contributed by atoms with E-state index in [-0.39, 0.29) is 18.1 Å². The molecule has 1 aromatic rings. The van der Waals surface area contributed by atoms with E-state index in [0.29, 0.717) is 19.7 Å². The second-order valence-electron chi connectivity index (χ2n) is 5.41. The first-order valence-corrected chi connectivity index (χ1v) is 8.25. The van der Waals surface area contributed by atoms with Crippen LogP contribution in [0.4, 0.5) is 0 Å². The molecule has 2 aliphatic heterocycles. The maximum absolute atomic E-state index is 12.3. The monoisotopic (exact) mass is 305 g/mol. The van der Waals surface area contributed by atoms with Crippen LogP contribution in [0.3, 0.4) is 0 Å². The van der Waals surface area contributed by atoms with E-state index in [1.807, 2.05) is 22.4 Å². The van der Waals surface area contributed by atoms with E-state index in [0.717, 1.165) is 30.8 Å². The van der Waals surface area contributed by atoms with E-state index < -0.39 is 0 Å². The van der Waals surface area contributed by atoms with Crippen LogP contribution in [0.25, 0.3) is 0 Å². The Bertz CT molecular complexity index is 512. The third kappa shape index (κ3) is 3.10. The molecule has 112 valence electrons. The number of carbonyl (C=O) groups excluding carboxylic acids is 1. The summed E-state index contributed by atoms with van der Waals surface area (Å²) in [5.74, 6) is 0.122. The summed E-state index contributed by atoms with van der Waals surface area (Å²) in [6.07, 6.45) is 1.58. The topological polar surface area (TPSA) is 56.6 Å². The Morgan fingerprint density at radius 3 is 2.81 bits per heavy atom. The second kappa shape index (κ2) is 6.56. The molecule has 3 heterocycles. The Hall–Kier alpha value is -1.42. The van der Waals surface area contributed by atoms with Gasteiger partial charge < -0.3 is 9.64 Å². The summed E-state index contributed by atoms with van der Waals surface area (Å²) in [6.45, 7) is 3.55. The minimum Gasteiger partial charge on any atom is -0.368 e. The molecule has 6 heteroatoms. The first-order chi connectivity index (χ1) is 10.3. The lowest BCUT2D eigenvalue weighted by Crippen LogP contribution is -2.51. The Morgan fingerprint density at radius 1 is 1.43 bits per heavy atom. The largest absolute Gasteiger partial charge is 0.368 e. The Kier molecular flexibility index (Phi) is 4.54. The molecule has 0 aromatic carbocycles. The molecule has 1 aromatic heterocycles. The second-order valence-corrected chi connectivity index (χ2v) is 6.39. The van der Waals surface area contributed by atoms with Gasteiger partial charge in [-0.2, -0.15) is 5.26 Å². The lowest BCUT2D eigenvalue weighted by molar-refractivity contribution is -0.142. The van der Waals surface area contributed by atoms with Crippen LogP contribution in [0.1, 0.15) is 23.8 Å². The lowest BCUT2D eigenvalue weighted by Gasteiger charge is -2.37. The van der Waals surface area contributed by atoms with Crippen molar-refractivity contribution in [1.82, 2.24) is 9.80 Å². The maximum Gasteiger partial charge on any atom is 0.251 e. The first-order valence-electron chi connectivity index (χ1n) is 7.37. The highest BCUT2D eigenvalue weighted by Gasteiger charge is 2.32. The third-order valence-electron chi connectivity index (χ3n) is 4.13. The molecule has 2 saturated heterocycles. The predicted octanol–water partition coefficient (Wildman–Crippen LogP) is 1.64. The van der Waals surface area contributed by atoms with Crippen LogP contribution in [0.2, 0.25) is 0 Å². The molecule has 0 spiro atoms. The zero-order chi connectivity index (χ0) is 14.7. The summed E-state index contributed by atoms with van der Waals surface area (Å²) < 4.78 is 5.47. The van der Waals surface area contributed by atoms with Gasteiger partial charge in [0.15, 0.2) is 0 Å². The molecule has 0 saturated carbocycles. The highest BCUT2D eigenvalue weighted by Crippen LogP contribution is 2.26. The quantitative estimate of drug-likeness (QED) is 0.852. The highest BCUT2D eigenvalue weighted by atomic mass is 32.1. The summed E-state index contributed by atoms with van der Waals surface area (Å²) in [4.78, 5) is 17.4. The van der Waals surface area contributed by atoms with Crippen molar-refractivity contribution in [3.05, 3.63) is 22.4 Å². The van der Waals surface area contributed by atoms with Gasteiger partial charge in [0.2, 0.25) is 0 Å². The molecular formula is C15H19N3O2S. The lowest BCUT2D eigenvalue weighted by atomic mass is 10.1. The van der Waals surface area contributed by atoms with E-state index >= 15 is 0 Å². The van der Waals surface area contributed by atoms with Gasteiger partial charge in [0, 0.05) is 37.7 Å². The standard InChI is InChI=1S/C15H19N3O2S/c16-11-12(14-4-2-10-21-14)17-5-7-18(8-6-17)15(19)13-3-1-9-20-13/h2,4,10,12-13H,1,3,5-9H2. The Morgan fingerprint density at radius 2 is 2.24 bits per heavy atom. The molecule has 2 aliphatic rings. The van der Waals surface area contributed by atoms with Gasteiger partial charge in [-0.15, -0.1) is 11.3 Å². The molecule has 0 bridgehead atoms. The van der Waals surface area contributed by atoms with Crippen LogP contribution in [0.5, 0.6) is 0 Å². The van der Waals surface area contributed by atoms with Gasteiger partial charge in [-0.3, -0.25) is 9.69 Å². The van der Waals surface area contributed by atoms with Crippen molar-refractivity contribution in [3.8, 4) is 6.07 Å². The van der Waals surface area contributed by atoms with E-state index in [1.54, 1.807) is 11.3 Å². The Balaban J connectivity index is 1.57. The van der Waals surface area contributed by atoms with Crippen LogP contribution >= 0.6 is 11.3 Å². The van der Waals surface area contributed by atoms with Crippen molar-refractivity contribution >= 4 is 17.2 Å². The number of amides is 1. The molecule has 2 atom stereocenters. The Labute approximate surface area is 128 Å². The minimum absolute atomic E-state index is 0.122. The number of thiophene rings is 1. The molecule has 2 unspecified atom stereocenters. The van der Waals surface area contributed by atoms with Crippen LogP contribution in [0, 0.1) is 11.3 Å². The molecule has 1 amide bonds. The number of nitriles is 1. The van der Waals surface area contributed by atoms with Gasteiger partial charge in [0.1, 0.15) is 12.1 Å². The van der Waals surface area contributed by atoms with Gasteiger partial charge in [-0.05, 0) is 24.3 Å². The van der Waals surface area contributed by atoms with Crippen molar-refractivity contribution in [2.45, 2.75) is 25.0 Å². The average molecular weight is 305 g/mol. The van der Waals surface area contributed by atoms with Crippen LogP contribution in [0.15, 0.2) is 17.5 Å². The number of hydrogen-bond donors (Lipinski definition) is 0. The summed E-state index contributed by atoms with van der Waals surface area (Å²) >= 11 is 1.61. The molecule has 5 nitrogen and oxygen atoms in total. The fourth-order valence-corrected chi connectivity index (χ4v) is 3.75. The highest BCUT2D eigenvalue weighted by molar-refractivity contribution is 7.10. The summed E-state index contributed by atoms with van der Waals surface area (Å²) in [5.41, 5.74) is 0. The van der Waals surface area contributed by atoms with Gasteiger partial charge in [-0.1, -0.05) is 6.07 Å². The molecule has 3 rings (SSSR count). The van der Waals surface area contributed by atoms with Crippen molar-refractivity contribution < 1.29 is 9.53 Å². The first kappa shape index (κ1) is 14.5. The van der Waals surface area contributed by atoms with Crippen LogP contribution < -0.4 is 0 Å². The summed E-state index contributed by atoms with van der Waals surface area (Å²) in [7, 11) is 0. The number of ether oxygens (including phenoxy) is 1. The van der Waals surface area contributed by atoms with Crippen LogP contribution in [-0.2, 0) is 9.53 Å². The van der Waals surface area contributed by atoms with Crippen molar-refractivity contribution in [2.75, 3.05) is 32.8 Å². The normalized spacial score (nSPS) is 24.7. The SMILES string of the molecule is N#CC(c1cccs1)N1CCN(C(=O)C2CCCO2)CC1. The van der Waals surface area contributed by atoms with Crippen molar-refractivity contribution in [1.29, 1.82) is 5.26 Å². The zero-order valence-electron chi connectivity index (χ0n) is 11.9. The van der Waals surface area contributed by atoms with Crippen molar-refractivity contribution in [3.63, 3.8) is 0 Å². The van der Waals surface area contributed by atoms with Gasteiger partial charge in [0.25, 0.3) is 5.91 Å². The fraction of sp³-hybridized carbons (Fsp3) is 0.600. The summed E-state index contributed by atoms with van der Waals surface area (Å²) in [5, 5.41) is 11.4. The molecule has 0 radical (unpaired) electrons. The average Bonchev–Trinajstić information content (AvgIpc) is 3.22. The van der Waals surface area contributed by atoms with Gasteiger partial charge >= 0.3 is 0 Å². The molecule has 2 fully saturated rings. The smallest absolute Gasteiger partial charge is 0.251 e. The number of carbonyl (C=O) groups is 1. The van der Waals surface area contributed by atoms with E-state index in [4.69, 9.17) is 4.74 Å². The van der Waals surface area contributed by atoms with Crippen molar-refractivity contribution in [2.24, 2.45) is 0 Å². The molecule has 21 heavy (non-hydrogen) atoms. The van der Waals surface area contributed by atoms with Crippen LogP contribution in [-0.4, -0.2) is 54.6 Å². The van der Waals surface area contributed by atoms with E-state index in [1.165, 1.54) is 0 Å². The molecule has 0 aliphatic carbocycles. The zero-order valence-corrected chi connectivity index (χ0v) is 12.7.